The van der Waals surface area contributed by atoms with Crippen molar-refractivity contribution in [3.05, 3.63) is 95.3 Å². The molecule has 2 unspecified atom stereocenters. The van der Waals surface area contributed by atoms with Gasteiger partial charge < -0.3 is 4.74 Å². The summed E-state index contributed by atoms with van der Waals surface area (Å²) in [4.78, 5) is 0. The maximum absolute atomic E-state index is 15.0. The molecule has 0 saturated carbocycles. The van der Waals surface area contributed by atoms with Gasteiger partial charge in [0.1, 0.15) is 5.82 Å². The van der Waals surface area contributed by atoms with E-state index in [2.05, 4.69) is 6.08 Å². The summed E-state index contributed by atoms with van der Waals surface area (Å²) in [6.45, 7) is 4.58. The SMILES string of the molecule is C/C=C/C1CCC(c2ccc(-c3ccc(-c4ccc(CCC)c(F)c4F)cc3)c(F)c2)OC1. The van der Waals surface area contributed by atoms with Crippen LogP contribution in [-0.2, 0) is 11.2 Å². The van der Waals surface area contributed by atoms with E-state index < -0.39 is 11.6 Å². The van der Waals surface area contributed by atoms with Crippen LogP contribution in [0.5, 0.6) is 0 Å². The van der Waals surface area contributed by atoms with E-state index in [1.54, 1.807) is 48.5 Å². The fourth-order valence-corrected chi connectivity index (χ4v) is 4.53. The topological polar surface area (TPSA) is 9.23 Å². The second kappa shape index (κ2) is 10.4. The van der Waals surface area contributed by atoms with Gasteiger partial charge in [0.25, 0.3) is 0 Å². The van der Waals surface area contributed by atoms with Crippen molar-refractivity contribution in [2.75, 3.05) is 6.61 Å². The molecule has 0 aliphatic carbocycles. The standard InChI is InChI=1S/C29H29F3O/c1-3-5-19-7-16-27(33-18-19)23-13-14-24(26(30)17-23)20-8-10-21(11-9-20)25-15-12-22(6-4-2)28(31)29(25)32/h3,5,8-15,17,19,27H,4,6-7,16,18H2,1-2H3/b5-3+. The lowest BCUT2D eigenvalue weighted by Crippen LogP contribution is -2.19. The Morgan fingerprint density at radius 3 is 2.18 bits per heavy atom. The van der Waals surface area contributed by atoms with Gasteiger partial charge in [0.05, 0.1) is 12.7 Å². The van der Waals surface area contributed by atoms with Crippen molar-refractivity contribution >= 4 is 0 Å². The van der Waals surface area contributed by atoms with Crippen molar-refractivity contribution in [3.8, 4) is 22.3 Å². The van der Waals surface area contributed by atoms with Gasteiger partial charge >= 0.3 is 0 Å². The molecule has 1 heterocycles. The molecule has 0 bridgehead atoms. The van der Waals surface area contributed by atoms with Gasteiger partial charge in [-0.25, -0.2) is 13.2 Å². The van der Waals surface area contributed by atoms with Gasteiger partial charge in [-0.15, -0.1) is 0 Å². The number of benzene rings is 3. The first-order chi connectivity index (χ1) is 16.0. The fourth-order valence-electron chi connectivity index (χ4n) is 4.53. The molecule has 1 aliphatic heterocycles. The number of aryl methyl sites for hydroxylation is 1. The molecule has 172 valence electrons. The highest BCUT2D eigenvalue weighted by Crippen LogP contribution is 2.34. The van der Waals surface area contributed by atoms with Crippen LogP contribution in [0.2, 0.25) is 0 Å². The molecular weight excluding hydrogens is 421 g/mol. The van der Waals surface area contributed by atoms with Crippen molar-refractivity contribution in [1.82, 2.24) is 0 Å². The summed E-state index contributed by atoms with van der Waals surface area (Å²) < 4.78 is 49.9. The first kappa shape index (κ1) is 23.3. The summed E-state index contributed by atoms with van der Waals surface area (Å²) in [6, 6.07) is 15.3. The molecular formula is C29H29F3O. The normalized spacial score (nSPS) is 18.7. The molecule has 0 aromatic heterocycles. The van der Waals surface area contributed by atoms with Gasteiger partial charge in [-0.05, 0) is 54.5 Å². The summed E-state index contributed by atoms with van der Waals surface area (Å²) >= 11 is 0. The zero-order chi connectivity index (χ0) is 23.4. The van der Waals surface area contributed by atoms with Crippen LogP contribution >= 0.6 is 0 Å². The molecule has 0 radical (unpaired) electrons. The van der Waals surface area contributed by atoms with E-state index in [0.29, 0.717) is 41.2 Å². The minimum Gasteiger partial charge on any atom is -0.373 e. The Morgan fingerprint density at radius 2 is 1.58 bits per heavy atom. The highest BCUT2D eigenvalue weighted by molar-refractivity contribution is 5.71. The molecule has 3 aromatic rings. The van der Waals surface area contributed by atoms with Crippen LogP contribution in [-0.4, -0.2) is 6.61 Å². The number of hydrogen-bond donors (Lipinski definition) is 0. The number of rotatable bonds is 6. The van der Waals surface area contributed by atoms with Gasteiger partial charge in [-0.3, -0.25) is 0 Å². The van der Waals surface area contributed by atoms with E-state index in [-0.39, 0.29) is 17.5 Å². The summed E-state index contributed by atoms with van der Waals surface area (Å²) in [5.41, 5.74) is 3.15. The molecule has 4 rings (SSSR count). The van der Waals surface area contributed by atoms with Crippen LogP contribution in [0.1, 0.15) is 50.3 Å². The van der Waals surface area contributed by atoms with E-state index in [1.807, 2.05) is 26.0 Å². The highest BCUT2D eigenvalue weighted by atomic mass is 19.2. The van der Waals surface area contributed by atoms with Gasteiger partial charge in [-0.1, -0.05) is 74.0 Å². The van der Waals surface area contributed by atoms with Crippen molar-refractivity contribution in [1.29, 1.82) is 0 Å². The maximum Gasteiger partial charge on any atom is 0.166 e. The molecule has 1 aliphatic rings. The average molecular weight is 451 g/mol. The zero-order valence-electron chi connectivity index (χ0n) is 19.1. The first-order valence-corrected chi connectivity index (χ1v) is 11.6. The van der Waals surface area contributed by atoms with Crippen molar-refractivity contribution in [3.63, 3.8) is 0 Å². The highest BCUT2D eigenvalue weighted by Gasteiger charge is 2.22. The fraction of sp³-hybridized carbons (Fsp3) is 0.310. The van der Waals surface area contributed by atoms with Crippen LogP contribution < -0.4 is 0 Å². The maximum atomic E-state index is 15.0. The third kappa shape index (κ3) is 5.06. The lowest BCUT2D eigenvalue weighted by atomic mass is 9.93. The van der Waals surface area contributed by atoms with Crippen LogP contribution in [0.25, 0.3) is 22.3 Å². The Morgan fingerprint density at radius 1 is 0.879 bits per heavy atom. The van der Waals surface area contributed by atoms with E-state index in [1.165, 1.54) is 0 Å². The number of hydrogen-bond acceptors (Lipinski definition) is 1. The van der Waals surface area contributed by atoms with Crippen LogP contribution in [0.3, 0.4) is 0 Å². The van der Waals surface area contributed by atoms with Crippen molar-refractivity contribution < 1.29 is 17.9 Å². The van der Waals surface area contributed by atoms with Gasteiger partial charge in [0.15, 0.2) is 11.6 Å². The molecule has 1 fully saturated rings. The number of allylic oxidation sites excluding steroid dienone is 1. The summed E-state index contributed by atoms with van der Waals surface area (Å²) in [6.07, 6.45) is 7.24. The lowest BCUT2D eigenvalue weighted by Gasteiger charge is -2.28. The van der Waals surface area contributed by atoms with Gasteiger partial charge in [0, 0.05) is 17.0 Å². The first-order valence-electron chi connectivity index (χ1n) is 11.6. The predicted octanol–water partition coefficient (Wildman–Crippen LogP) is 8.43. The van der Waals surface area contributed by atoms with Crippen LogP contribution in [0, 0.1) is 23.4 Å². The summed E-state index contributed by atoms with van der Waals surface area (Å²) in [5.74, 6) is -1.52. The Kier molecular flexibility index (Phi) is 7.34. The molecule has 1 nitrogen and oxygen atoms in total. The smallest absolute Gasteiger partial charge is 0.166 e. The lowest BCUT2D eigenvalue weighted by molar-refractivity contribution is -0.00538. The Labute approximate surface area is 193 Å². The summed E-state index contributed by atoms with van der Waals surface area (Å²) in [5, 5.41) is 0. The second-order valence-corrected chi connectivity index (χ2v) is 8.65. The average Bonchev–Trinajstić information content (AvgIpc) is 2.83. The molecule has 0 spiro atoms. The van der Waals surface area contributed by atoms with E-state index in [4.69, 9.17) is 4.74 Å². The summed E-state index contributed by atoms with van der Waals surface area (Å²) in [7, 11) is 0. The van der Waals surface area contributed by atoms with E-state index >= 15 is 0 Å². The molecule has 3 aromatic carbocycles. The Hall–Kier alpha value is -2.85. The molecule has 1 saturated heterocycles. The monoisotopic (exact) mass is 450 g/mol. The Bertz CT molecular complexity index is 1130. The Balaban J connectivity index is 1.52. The second-order valence-electron chi connectivity index (χ2n) is 8.65. The van der Waals surface area contributed by atoms with Crippen molar-refractivity contribution in [2.24, 2.45) is 5.92 Å². The van der Waals surface area contributed by atoms with Crippen molar-refractivity contribution in [2.45, 2.75) is 45.6 Å². The quantitative estimate of drug-likeness (QED) is 0.342. The minimum atomic E-state index is -0.839. The van der Waals surface area contributed by atoms with Gasteiger partial charge in [-0.2, -0.15) is 0 Å². The number of halogens is 3. The zero-order valence-corrected chi connectivity index (χ0v) is 19.1. The largest absolute Gasteiger partial charge is 0.373 e. The third-order valence-corrected chi connectivity index (χ3v) is 6.33. The molecule has 0 amide bonds. The minimum absolute atomic E-state index is 0.0917. The van der Waals surface area contributed by atoms with Gasteiger partial charge in [0.2, 0.25) is 0 Å². The van der Waals surface area contributed by atoms with Crippen LogP contribution in [0.4, 0.5) is 13.2 Å². The third-order valence-electron chi connectivity index (χ3n) is 6.33. The predicted molar refractivity (Wildman–Crippen MR) is 127 cm³/mol. The molecule has 4 heteroatoms. The van der Waals surface area contributed by atoms with Crippen LogP contribution in [0.15, 0.2) is 66.7 Å². The number of ether oxygens (including phenoxy) is 1. The molecule has 2 atom stereocenters. The molecule has 33 heavy (non-hydrogen) atoms. The van der Waals surface area contributed by atoms with E-state index in [9.17, 15) is 13.2 Å². The van der Waals surface area contributed by atoms with E-state index in [0.717, 1.165) is 24.8 Å². The molecule has 0 N–H and O–H groups in total.